The number of hydrogen-bond acceptors (Lipinski definition) is 4. The van der Waals surface area contributed by atoms with Crippen molar-refractivity contribution in [1.82, 2.24) is 10.2 Å². The smallest absolute Gasteiger partial charge is 0.0897 e. The third-order valence-electron chi connectivity index (χ3n) is 4.46. The van der Waals surface area contributed by atoms with Crippen molar-refractivity contribution in [3.05, 3.63) is 0 Å². The fraction of sp³-hybridized carbons (Fsp3) is 1.00. The molecule has 0 saturated heterocycles. The SMILES string of the molecule is CCCN(CC)CCNCC(O)COC1CCC(C)CC1. The first-order valence-electron chi connectivity index (χ1n) is 8.88. The van der Waals surface area contributed by atoms with E-state index in [2.05, 4.69) is 31.0 Å². The van der Waals surface area contributed by atoms with E-state index in [1.165, 1.54) is 19.3 Å². The summed E-state index contributed by atoms with van der Waals surface area (Å²) in [7, 11) is 0. The van der Waals surface area contributed by atoms with Crippen molar-refractivity contribution in [2.45, 2.75) is 65.1 Å². The van der Waals surface area contributed by atoms with Gasteiger partial charge in [-0.05, 0) is 51.1 Å². The zero-order chi connectivity index (χ0) is 15.5. The Bertz CT molecular complexity index is 243. The Morgan fingerprint density at radius 1 is 1.19 bits per heavy atom. The van der Waals surface area contributed by atoms with Crippen LogP contribution in [0.5, 0.6) is 0 Å². The zero-order valence-corrected chi connectivity index (χ0v) is 14.3. The fourth-order valence-electron chi connectivity index (χ4n) is 2.95. The molecule has 1 saturated carbocycles. The zero-order valence-electron chi connectivity index (χ0n) is 14.3. The van der Waals surface area contributed by atoms with Gasteiger partial charge in [0.25, 0.3) is 0 Å². The van der Waals surface area contributed by atoms with Gasteiger partial charge in [0, 0.05) is 19.6 Å². The molecule has 21 heavy (non-hydrogen) atoms. The molecule has 1 unspecified atom stereocenters. The summed E-state index contributed by atoms with van der Waals surface area (Å²) in [6.07, 6.45) is 6.03. The lowest BCUT2D eigenvalue weighted by Gasteiger charge is -2.27. The molecule has 0 aromatic heterocycles. The molecule has 0 bridgehead atoms. The lowest BCUT2D eigenvalue weighted by molar-refractivity contribution is -0.0278. The monoisotopic (exact) mass is 300 g/mol. The van der Waals surface area contributed by atoms with Crippen molar-refractivity contribution in [2.75, 3.05) is 39.3 Å². The van der Waals surface area contributed by atoms with E-state index in [4.69, 9.17) is 4.74 Å². The molecule has 0 aromatic rings. The van der Waals surface area contributed by atoms with Crippen LogP contribution >= 0.6 is 0 Å². The van der Waals surface area contributed by atoms with Gasteiger partial charge in [0.2, 0.25) is 0 Å². The van der Waals surface area contributed by atoms with Crippen LogP contribution in [0.15, 0.2) is 0 Å². The molecule has 126 valence electrons. The number of nitrogens with one attached hydrogen (secondary N) is 1. The van der Waals surface area contributed by atoms with E-state index < -0.39 is 0 Å². The molecule has 0 amide bonds. The number of hydrogen-bond donors (Lipinski definition) is 2. The molecule has 0 aromatic carbocycles. The molecule has 0 heterocycles. The largest absolute Gasteiger partial charge is 0.389 e. The van der Waals surface area contributed by atoms with E-state index in [0.717, 1.165) is 44.9 Å². The molecule has 1 fully saturated rings. The number of aliphatic hydroxyl groups excluding tert-OH is 1. The van der Waals surface area contributed by atoms with Gasteiger partial charge in [0.1, 0.15) is 0 Å². The predicted octanol–water partition coefficient (Wildman–Crippen LogP) is 2.26. The normalized spacial score (nSPS) is 24.4. The predicted molar refractivity (Wildman–Crippen MR) is 88.7 cm³/mol. The van der Waals surface area contributed by atoms with Crippen LogP contribution in [-0.4, -0.2) is 61.5 Å². The molecule has 0 radical (unpaired) electrons. The van der Waals surface area contributed by atoms with E-state index in [0.29, 0.717) is 19.3 Å². The van der Waals surface area contributed by atoms with Crippen LogP contribution in [0.4, 0.5) is 0 Å². The van der Waals surface area contributed by atoms with Gasteiger partial charge >= 0.3 is 0 Å². The van der Waals surface area contributed by atoms with Crippen LogP contribution < -0.4 is 5.32 Å². The summed E-state index contributed by atoms with van der Waals surface area (Å²) in [5, 5.41) is 13.3. The van der Waals surface area contributed by atoms with Gasteiger partial charge in [0.05, 0.1) is 18.8 Å². The number of rotatable bonds is 11. The van der Waals surface area contributed by atoms with Crippen LogP contribution in [0.1, 0.15) is 52.9 Å². The molecule has 4 heteroatoms. The third-order valence-corrected chi connectivity index (χ3v) is 4.46. The second-order valence-corrected chi connectivity index (χ2v) is 6.51. The Morgan fingerprint density at radius 2 is 1.90 bits per heavy atom. The van der Waals surface area contributed by atoms with Gasteiger partial charge in [-0.25, -0.2) is 0 Å². The Labute approximate surface area is 131 Å². The fourth-order valence-corrected chi connectivity index (χ4v) is 2.95. The maximum absolute atomic E-state index is 9.96. The summed E-state index contributed by atoms with van der Waals surface area (Å²) in [5.74, 6) is 0.848. The van der Waals surface area contributed by atoms with Gasteiger partial charge < -0.3 is 20.1 Å². The third kappa shape index (κ3) is 8.77. The summed E-state index contributed by atoms with van der Waals surface area (Å²) in [5.41, 5.74) is 0. The summed E-state index contributed by atoms with van der Waals surface area (Å²) in [4.78, 5) is 2.43. The second-order valence-electron chi connectivity index (χ2n) is 6.51. The first-order valence-corrected chi connectivity index (χ1v) is 8.88. The summed E-state index contributed by atoms with van der Waals surface area (Å²) < 4.78 is 5.83. The summed E-state index contributed by atoms with van der Waals surface area (Å²) in [6, 6.07) is 0. The highest BCUT2D eigenvalue weighted by Crippen LogP contribution is 2.25. The van der Waals surface area contributed by atoms with Gasteiger partial charge in [0.15, 0.2) is 0 Å². The highest BCUT2D eigenvalue weighted by atomic mass is 16.5. The van der Waals surface area contributed by atoms with E-state index in [1.807, 2.05) is 0 Å². The van der Waals surface area contributed by atoms with Crippen molar-refractivity contribution in [3.8, 4) is 0 Å². The standard InChI is InChI=1S/C17H36N2O2/c1-4-11-19(5-2)12-10-18-13-16(20)14-21-17-8-6-15(3)7-9-17/h15-18,20H,4-14H2,1-3H3. The molecule has 0 aliphatic heterocycles. The Morgan fingerprint density at radius 3 is 2.52 bits per heavy atom. The van der Waals surface area contributed by atoms with E-state index in [-0.39, 0.29) is 6.10 Å². The van der Waals surface area contributed by atoms with Crippen LogP contribution in [-0.2, 0) is 4.74 Å². The molecular formula is C17H36N2O2. The van der Waals surface area contributed by atoms with Gasteiger partial charge in [-0.1, -0.05) is 20.8 Å². The first kappa shape index (κ1) is 18.9. The lowest BCUT2D eigenvalue weighted by Crippen LogP contribution is -2.37. The molecule has 1 atom stereocenters. The minimum absolute atomic E-state index is 0.371. The molecule has 1 aliphatic rings. The van der Waals surface area contributed by atoms with Crippen molar-refractivity contribution in [1.29, 1.82) is 0 Å². The maximum atomic E-state index is 9.96. The molecule has 1 aliphatic carbocycles. The lowest BCUT2D eigenvalue weighted by atomic mass is 9.89. The Hall–Kier alpha value is -0.160. The van der Waals surface area contributed by atoms with Gasteiger partial charge in [-0.15, -0.1) is 0 Å². The Balaban J connectivity index is 1.99. The number of nitrogens with zero attached hydrogens (tertiary/aromatic N) is 1. The van der Waals surface area contributed by atoms with E-state index in [9.17, 15) is 5.11 Å². The second kappa shape index (κ2) is 11.4. The average Bonchev–Trinajstić information content (AvgIpc) is 2.49. The number of aliphatic hydroxyl groups is 1. The van der Waals surface area contributed by atoms with Crippen LogP contribution in [0.2, 0.25) is 0 Å². The summed E-state index contributed by atoms with van der Waals surface area (Å²) >= 11 is 0. The quantitative estimate of drug-likeness (QED) is 0.575. The maximum Gasteiger partial charge on any atom is 0.0897 e. The molecular weight excluding hydrogens is 264 g/mol. The topological polar surface area (TPSA) is 44.7 Å². The van der Waals surface area contributed by atoms with Crippen molar-refractivity contribution >= 4 is 0 Å². The highest BCUT2D eigenvalue weighted by Gasteiger charge is 2.19. The minimum atomic E-state index is -0.384. The number of ether oxygens (including phenoxy) is 1. The van der Waals surface area contributed by atoms with Crippen LogP contribution in [0, 0.1) is 5.92 Å². The molecule has 4 nitrogen and oxygen atoms in total. The van der Waals surface area contributed by atoms with Crippen molar-refractivity contribution < 1.29 is 9.84 Å². The van der Waals surface area contributed by atoms with Gasteiger partial charge in [-0.2, -0.15) is 0 Å². The van der Waals surface area contributed by atoms with Crippen molar-refractivity contribution in [3.63, 3.8) is 0 Å². The van der Waals surface area contributed by atoms with Gasteiger partial charge in [-0.3, -0.25) is 0 Å². The van der Waals surface area contributed by atoms with Crippen LogP contribution in [0.25, 0.3) is 0 Å². The average molecular weight is 300 g/mol. The molecule has 2 N–H and O–H groups in total. The summed E-state index contributed by atoms with van der Waals surface area (Å²) in [6.45, 7) is 12.1. The minimum Gasteiger partial charge on any atom is -0.389 e. The van der Waals surface area contributed by atoms with Crippen LogP contribution in [0.3, 0.4) is 0 Å². The Kier molecular flexibility index (Phi) is 10.3. The number of likely N-dealkylation sites (N-methyl/N-ethyl adjacent to an activating group) is 1. The molecule has 0 spiro atoms. The highest BCUT2D eigenvalue weighted by molar-refractivity contribution is 4.71. The molecule has 1 rings (SSSR count). The first-order chi connectivity index (χ1) is 10.2. The van der Waals surface area contributed by atoms with E-state index >= 15 is 0 Å². The van der Waals surface area contributed by atoms with Crippen molar-refractivity contribution in [2.24, 2.45) is 5.92 Å². The van der Waals surface area contributed by atoms with E-state index in [1.54, 1.807) is 0 Å².